The maximum Gasteiger partial charge on any atom is 0.145 e. The molecule has 0 saturated carbocycles. The van der Waals surface area contributed by atoms with E-state index in [4.69, 9.17) is 10.5 Å². The summed E-state index contributed by atoms with van der Waals surface area (Å²) in [6.07, 6.45) is 0.930. The fraction of sp³-hybridized carbons (Fsp3) is 0.308. The van der Waals surface area contributed by atoms with Crippen molar-refractivity contribution in [3.63, 3.8) is 0 Å². The van der Waals surface area contributed by atoms with Crippen molar-refractivity contribution in [2.75, 3.05) is 5.73 Å². The monoisotopic (exact) mass is 229 g/mol. The summed E-state index contributed by atoms with van der Waals surface area (Å²) >= 11 is 0. The van der Waals surface area contributed by atoms with E-state index in [9.17, 15) is 0 Å². The third-order valence-corrected chi connectivity index (χ3v) is 2.97. The van der Waals surface area contributed by atoms with Gasteiger partial charge in [0, 0.05) is 18.1 Å². The van der Waals surface area contributed by atoms with Crippen LogP contribution in [0, 0.1) is 0 Å². The molecule has 0 saturated heterocycles. The Morgan fingerprint density at radius 3 is 2.88 bits per heavy atom. The topological polar surface area (TPSA) is 63.9 Å². The van der Waals surface area contributed by atoms with Gasteiger partial charge in [-0.2, -0.15) is 5.10 Å². The van der Waals surface area contributed by atoms with Crippen LogP contribution in [0.2, 0.25) is 0 Å². The van der Waals surface area contributed by atoms with Gasteiger partial charge in [0.15, 0.2) is 0 Å². The Balaban J connectivity index is 2.01. The molecule has 0 unspecified atom stereocenters. The van der Waals surface area contributed by atoms with Gasteiger partial charge in [0.25, 0.3) is 0 Å². The number of hydrogen-bond donors (Lipinski definition) is 2. The number of nitrogens with two attached hydrogens (primary N) is 1. The molecule has 17 heavy (non-hydrogen) atoms. The van der Waals surface area contributed by atoms with Gasteiger partial charge in [-0.15, -0.1) is 0 Å². The number of aromatic amines is 1. The molecule has 0 bridgehead atoms. The number of nitrogens with zero attached hydrogens (tertiary/aromatic N) is 1. The van der Waals surface area contributed by atoms with Crippen molar-refractivity contribution in [1.29, 1.82) is 0 Å². The van der Waals surface area contributed by atoms with Crippen LogP contribution in [-0.4, -0.2) is 15.8 Å². The number of rotatable bonds is 1. The zero-order chi connectivity index (χ0) is 12.0. The highest BCUT2D eigenvalue weighted by molar-refractivity contribution is 5.65. The van der Waals surface area contributed by atoms with Gasteiger partial charge < -0.3 is 10.5 Å². The van der Waals surface area contributed by atoms with Gasteiger partial charge in [-0.3, -0.25) is 5.10 Å². The highest BCUT2D eigenvalue weighted by Gasteiger charge is 2.29. The zero-order valence-corrected chi connectivity index (χ0v) is 9.95. The first kappa shape index (κ1) is 10.2. The maximum atomic E-state index is 5.84. The molecule has 0 atom stereocenters. The van der Waals surface area contributed by atoms with Crippen molar-refractivity contribution in [3.05, 3.63) is 29.8 Å². The lowest BCUT2D eigenvalue weighted by molar-refractivity contribution is 0.138. The molecule has 4 nitrogen and oxygen atoms in total. The van der Waals surface area contributed by atoms with E-state index in [0.717, 1.165) is 23.4 Å². The van der Waals surface area contributed by atoms with E-state index in [-0.39, 0.29) is 5.60 Å². The lowest BCUT2D eigenvalue weighted by Crippen LogP contribution is -2.24. The molecule has 2 aromatic rings. The Bertz CT molecular complexity index is 572. The molecule has 0 radical (unpaired) electrons. The van der Waals surface area contributed by atoms with Gasteiger partial charge in [0.05, 0.1) is 5.69 Å². The lowest BCUT2D eigenvalue weighted by atomic mass is 9.99. The predicted molar refractivity (Wildman–Crippen MR) is 66.8 cm³/mol. The van der Waals surface area contributed by atoms with Gasteiger partial charge in [-0.05, 0) is 37.6 Å². The first-order chi connectivity index (χ1) is 8.03. The Morgan fingerprint density at radius 1 is 1.35 bits per heavy atom. The number of nitrogens with one attached hydrogen (secondary N) is 1. The van der Waals surface area contributed by atoms with E-state index in [2.05, 4.69) is 30.1 Å². The Labute approximate surface area is 99.8 Å². The first-order valence-electron chi connectivity index (χ1n) is 5.67. The van der Waals surface area contributed by atoms with E-state index in [1.165, 1.54) is 5.56 Å². The highest BCUT2D eigenvalue weighted by atomic mass is 16.5. The second-order valence-electron chi connectivity index (χ2n) is 5.07. The summed E-state index contributed by atoms with van der Waals surface area (Å²) in [7, 11) is 0. The van der Waals surface area contributed by atoms with Gasteiger partial charge in [0.1, 0.15) is 17.2 Å². The molecule has 88 valence electrons. The molecule has 1 aliphatic rings. The number of aromatic nitrogens is 2. The number of hydrogen-bond acceptors (Lipinski definition) is 3. The van der Waals surface area contributed by atoms with Gasteiger partial charge >= 0.3 is 0 Å². The van der Waals surface area contributed by atoms with Gasteiger partial charge in [0.2, 0.25) is 0 Å². The molecular weight excluding hydrogens is 214 g/mol. The fourth-order valence-corrected chi connectivity index (χ4v) is 2.26. The highest BCUT2D eigenvalue weighted by Crippen LogP contribution is 2.37. The average Bonchev–Trinajstić information content (AvgIpc) is 2.78. The molecule has 0 spiro atoms. The minimum absolute atomic E-state index is 0.103. The Hall–Kier alpha value is -1.97. The standard InChI is InChI=1S/C13H15N3O/c1-13(2)7-9-5-8(3-4-11(9)17-13)10-6-12(14)16-15-10/h3-6H,7H2,1-2H3,(H3,14,15,16). The van der Waals surface area contributed by atoms with Crippen molar-refractivity contribution in [2.45, 2.75) is 25.9 Å². The van der Waals surface area contributed by atoms with Crippen LogP contribution >= 0.6 is 0 Å². The smallest absolute Gasteiger partial charge is 0.145 e. The molecule has 3 N–H and O–H groups in total. The SMILES string of the molecule is CC1(C)Cc2cc(-c3cc(N)n[nH]3)ccc2O1. The molecule has 0 aliphatic carbocycles. The molecule has 1 aromatic heterocycles. The molecule has 3 rings (SSSR count). The van der Waals surface area contributed by atoms with E-state index >= 15 is 0 Å². The first-order valence-corrected chi connectivity index (χ1v) is 5.67. The molecular formula is C13H15N3O. The fourth-order valence-electron chi connectivity index (χ4n) is 2.26. The van der Waals surface area contributed by atoms with E-state index in [0.29, 0.717) is 5.82 Å². The Kier molecular flexibility index (Phi) is 1.96. The van der Waals surface area contributed by atoms with Gasteiger partial charge in [-0.25, -0.2) is 0 Å². The van der Waals surface area contributed by atoms with Crippen LogP contribution in [0.3, 0.4) is 0 Å². The van der Waals surface area contributed by atoms with Crippen molar-refractivity contribution in [1.82, 2.24) is 10.2 Å². The molecule has 1 aliphatic heterocycles. The van der Waals surface area contributed by atoms with Crippen LogP contribution in [0.25, 0.3) is 11.3 Å². The number of anilines is 1. The average molecular weight is 229 g/mol. The number of H-pyrrole nitrogens is 1. The lowest BCUT2D eigenvalue weighted by Gasteiger charge is -2.16. The number of nitrogen functional groups attached to an aromatic ring is 1. The molecule has 0 amide bonds. The van der Waals surface area contributed by atoms with Crippen LogP contribution in [0.5, 0.6) is 5.75 Å². The van der Waals surface area contributed by atoms with Crippen molar-refractivity contribution >= 4 is 5.82 Å². The largest absolute Gasteiger partial charge is 0.487 e. The molecule has 2 heterocycles. The summed E-state index contributed by atoms with van der Waals surface area (Å²) in [6, 6.07) is 8.00. The predicted octanol–water partition coefficient (Wildman–Crippen LogP) is 2.37. The van der Waals surface area contributed by atoms with Gasteiger partial charge in [-0.1, -0.05) is 0 Å². The van der Waals surface area contributed by atoms with E-state index < -0.39 is 0 Å². The van der Waals surface area contributed by atoms with Crippen molar-refractivity contribution < 1.29 is 4.74 Å². The Morgan fingerprint density at radius 2 is 2.18 bits per heavy atom. The molecule has 1 aromatic carbocycles. The van der Waals surface area contributed by atoms with Crippen LogP contribution in [-0.2, 0) is 6.42 Å². The van der Waals surface area contributed by atoms with E-state index in [1.807, 2.05) is 18.2 Å². The third kappa shape index (κ3) is 1.75. The number of ether oxygens (including phenoxy) is 1. The summed E-state index contributed by atoms with van der Waals surface area (Å²) < 4.78 is 5.84. The third-order valence-electron chi connectivity index (χ3n) is 2.97. The van der Waals surface area contributed by atoms with Crippen LogP contribution in [0.4, 0.5) is 5.82 Å². The van der Waals surface area contributed by atoms with Crippen LogP contribution in [0.15, 0.2) is 24.3 Å². The summed E-state index contributed by atoms with van der Waals surface area (Å²) in [6.45, 7) is 4.20. The number of benzene rings is 1. The number of fused-ring (bicyclic) bond motifs is 1. The van der Waals surface area contributed by atoms with E-state index in [1.54, 1.807) is 0 Å². The van der Waals surface area contributed by atoms with Crippen LogP contribution < -0.4 is 10.5 Å². The summed E-state index contributed by atoms with van der Waals surface area (Å²) in [4.78, 5) is 0. The zero-order valence-electron chi connectivity index (χ0n) is 9.95. The minimum atomic E-state index is -0.103. The van der Waals surface area contributed by atoms with Crippen LogP contribution in [0.1, 0.15) is 19.4 Å². The second-order valence-corrected chi connectivity index (χ2v) is 5.07. The summed E-state index contributed by atoms with van der Waals surface area (Å²) in [5.74, 6) is 1.49. The molecule has 0 fully saturated rings. The summed E-state index contributed by atoms with van der Waals surface area (Å²) in [5.41, 5.74) is 8.77. The minimum Gasteiger partial charge on any atom is -0.487 e. The van der Waals surface area contributed by atoms with Crippen molar-refractivity contribution in [3.8, 4) is 17.0 Å². The normalized spacial score (nSPS) is 16.6. The maximum absolute atomic E-state index is 5.84. The summed E-state index contributed by atoms with van der Waals surface area (Å²) in [5, 5.41) is 6.85. The quantitative estimate of drug-likeness (QED) is 0.789. The van der Waals surface area contributed by atoms with Crippen molar-refractivity contribution in [2.24, 2.45) is 0 Å². The second kappa shape index (κ2) is 3.26. The molecule has 4 heteroatoms.